The molecule has 1 atom stereocenters. The Balaban J connectivity index is 2.45. The van der Waals surface area contributed by atoms with Gasteiger partial charge in [0.2, 0.25) is 10.0 Å². The van der Waals surface area contributed by atoms with Crippen LogP contribution in [0, 0.1) is 10.1 Å². The number of nitro groups is 1. The van der Waals surface area contributed by atoms with Gasteiger partial charge in [-0.15, -0.1) is 0 Å². The second-order valence-electron chi connectivity index (χ2n) is 4.58. The molecule has 0 amide bonds. The first-order valence-electron chi connectivity index (χ1n) is 6.44. The van der Waals surface area contributed by atoms with Gasteiger partial charge in [-0.3, -0.25) is 10.1 Å². The zero-order chi connectivity index (χ0) is 14.8. The maximum Gasteiger partial charge on any atom is 0.289 e. The van der Waals surface area contributed by atoms with Gasteiger partial charge in [-0.2, -0.15) is 4.31 Å². The van der Waals surface area contributed by atoms with Crippen molar-refractivity contribution in [3.05, 3.63) is 34.4 Å². The van der Waals surface area contributed by atoms with Crippen molar-refractivity contribution >= 4 is 15.7 Å². The number of nitrogens with one attached hydrogen (secondary N) is 1. The van der Waals surface area contributed by atoms with E-state index in [1.165, 1.54) is 28.6 Å². The maximum absolute atomic E-state index is 12.7. The summed E-state index contributed by atoms with van der Waals surface area (Å²) >= 11 is 0. The Bertz CT molecular complexity index is 596. The molecule has 2 rings (SSSR count). The predicted molar refractivity (Wildman–Crippen MR) is 73.9 cm³/mol. The minimum absolute atomic E-state index is 0.148. The number of benzene rings is 1. The van der Waals surface area contributed by atoms with Crippen molar-refractivity contribution in [2.24, 2.45) is 0 Å². The standard InChI is InChI=1S/C12H17N3O4S/c1-2-14(10-7-8-13-9-10)20(18,19)12-6-4-3-5-11(12)15(16)17/h3-6,10,13H,2,7-9H2,1H3. The number of nitro benzene ring substituents is 1. The van der Waals surface area contributed by atoms with Crippen molar-refractivity contribution in [1.29, 1.82) is 0 Å². The van der Waals surface area contributed by atoms with E-state index >= 15 is 0 Å². The molecule has 8 heteroatoms. The summed E-state index contributed by atoms with van der Waals surface area (Å²) in [5.41, 5.74) is -0.378. The third-order valence-electron chi connectivity index (χ3n) is 3.40. The number of hydrogen-bond acceptors (Lipinski definition) is 5. The zero-order valence-corrected chi connectivity index (χ0v) is 12.0. The van der Waals surface area contributed by atoms with Crippen LogP contribution in [0.25, 0.3) is 0 Å². The Labute approximate surface area is 117 Å². The summed E-state index contributed by atoms with van der Waals surface area (Å²) in [4.78, 5) is 10.1. The van der Waals surface area contributed by atoms with E-state index in [1.54, 1.807) is 6.92 Å². The number of sulfonamides is 1. The lowest BCUT2D eigenvalue weighted by Crippen LogP contribution is -2.41. The average molecular weight is 299 g/mol. The molecular weight excluding hydrogens is 282 g/mol. The lowest BCUT2D eigenvalue weighted by molar-refractivity contribution is -0.387. The van der Waals surface area contributed by atoms with Crippen LogP contribution in [-0.4, -0.2) is 43.3 Å². The highest BCUT2D eigenvalue weighted by Gasteiger charge is 2.35. The normalized spacial score (nSPS) is 19.4. The molecule has 1 aliphatic rings. The summed E-state index contributed by atoms with van der Waals surface area (Å²) in [5, 5.41) is 14.1. The second-order valence-corrected chi connectivity index (χ2v) is 6.44. The van der Waals surface area contributed by atoms with Crippen LogP contribution in [-0.2, 0) is 10.0 Å². The highest BCUT2D eigenvalue weighted by Crippen LogP contribution is 2.28. The summed E-state index contributed by atoms with van der Waals surface area (Å²) < 4.78 is 26.7. The highest BCUT2D eigenvalue weighted by atomic mass is 32.2. The number of para-hydroxylation sites is 1. The molecule has 1 unspecified atom stereocenters. The highest BCUT2D eigenvalue weighted by molar-refractivity contribution is 7.89. The molecule has 110 valence electrons. The molecule has 1 fully saturated rings. The van der Waals surface area contributed by atoms with E-state index in [0.717, 1.165) is 6.54 Å². The molecule has 0 bridgehead atoms. The Morgan fingerprint density at radius 2 is 2.15 bits per heavy atom. The van der Waals surface area contributed by atoms with Gasteiger partial charge in [-0.05, 0) is 19.0 Å². The van der Waals surface area contributed by atoms with Gasteiger partial charge in [0.05, 0.1) is 4.92 Å². The Hall–Kier alpha value is -1.51. The van der Waals surface area contributed by atoms with Crippen molar-refractivity contribution in [3.63, 3.8) is 0 Å². The van der Waals surface area contributed by atoms with E-state index in [0.29, 0.717) is 19.5 Å². The lowest BCUT2D eigenvalue weighted by Gasteiger charge is -2.26. The van der Waals surface area contributed by atoms with Gasteiger partial charge in [0.1, 0.15) is 0 Å². The van der Waals surface area contributed by atoms with Crippen LogP contribution in [0.1, 0.15) is 13.3 Å². The number of nitrogens with zero attached hydrogens (tertiary/aromatic N) is 2. The predicted octanol–water partition coefficient (Wildman–Crippen LogP) is 0.967. The molecule has 1 heterocycles. The summed E-state index contributed by atoms with van der Waals surface area (Å²) in [7, 11) is -3.86. The molecule has 1 aliphatic heterocycles. The van der Waals surface area contributed by atoms with Crippen molar-refractivity contribution in [3.8, 4) is 0 Å². The molecule has 1 N–H and O–H groups in total. The van der Waals surface area contributed by atoms with Crippen LogP contribution in [0.2, 0.25) is 0 Å². The van der Waals surface area contributed by atoms with E-state index in [4.69, 9.17) is 0 Å². The van der Waals surface area contributed by atoms with Gasteiger partial charge < -0.3 is 5.32 Å². The number of likely N-dealkylation sites (N-methyl/N-ethyl adjacent to an activating group) is 1. The minimum atomic E-state index is -3.86. The fraction of sp³-hybridized carbons (Fsp3) is 0.500. The van der Waals surface area contributed by atoms with Crippen LogP contribution in [0.15, 0.2) is 29.2 Å². The first-order valence-corrected chi connectivity index (χ1v) is 7.88. The van der Waals surface area contributed by atoms with Gasteiger partial charge in [0.25, 0.3) is 5.69 Å². The lowest BCUT2D eigenvalue weighted by atomic mass is 10.3. The molecule has 7 nitrogen and oxygen atoms in total. The Kier molecular flexibility index (Phi) is 4.36. The van der Waals surface area contributed by atoms with Gasteiger partial charge in [-0.25, -0.2) is 8.42 Å². The molecule has 1 saturated heterocycles. The minimum Gasteiger partial charge on any atom is -0.315 e. The maximum atomic E-state index is 12.7. The molecule has 0 radical (unpaired) electrons. The molecule has 0 aliphatic carbocycles. The van der Waals surface area contributed by atoms with E-state index in [9.17, 15) is 18.5 Å². The summed E-state index contributed by atoms with van der Waals surface area (Å²) in [6.45, 7) is 3.37. The van der Waals surface area contributed by atoms with Crippen molar-refractivity contribution in [2.45, 2.75) is 24.3 Å². The van der Waals surface area contributed by atoms with Crippen molar-refractivity contribution in [1.82, 2.24) is 9.62 Å². The molecule has 0 saturated carbocycles. The van der Waals surface area contributed by atoms with Gasteiger partial charge in [0, 0.05) is 25.2 Å². The quantitative estimate of drug-likeness (QED) is 0.646. The average Bonchev–Trinajstić information content (AvgIpc) is 2.93. The molecule has 20 heavy (non-hydrogen) atoms. The Morgan fingerprint density at radius 1 is 1.45 bits per heavy atom. The largest absolute Gasteiger partial charge is 0.315 e. The van der Waals surface area contributed by atoms with E-state index in [2.05, 4.69) is 5.32 Å². The fourth-order valence-corrected chi connectivity index (χ4v) is 4.28. The van der Waals surface area contributed by atoms with E-state index in [-0.39, 0.29) is 16.6 Å². The fourth-order valence-electron chi connectivity index (χ4n) is 2.46. The summed E-state index contributed by atoms with van der Waals surface area (Å²) in [5.74, 6) is 0. The molecule has 1 aromatic rings. The van der Waals surface area contributed by atoms with Crippen molar-refractivity contribution in [2.75, 3.05) is 19.6 Å². The first kappa shape index (κ1) is 14.9. The van der Waals surface area contributed by atoms with Crippen LogP contribution in [0.3, 0.4) is 0 Å². The first-order chi connectivity index (χ1) is 9.48. The summed E-state index contributed by atoms with van der Waals surface area (Å²) in [6, 6.07) is 5.32. The van der Waals surface area contributed by atoms with E-state index < -0.39 is 14.9 Å². The van der Waals surface area contributed by atoms with Crippen molar-refractivity contribution < 1.29 is 13.3 Å². The van der Waals surface area contributed by atoms with Gasteiger partial charge in [0.15, 0.2) is 4.90 Å². The molecule has 0 aromatic heterocycles. The summed E-state index contributed by atoms with van der Waals surface area (Å²) in [6.07, 6.45) is 0.716. The molecule has 0 spiro atoms. The van der Waals surface area contributed by atoms with Crippen LogP contribution >= 0.6 is 0 Å². The third kappa shape index (κ3) is 2.67. The third-order valence-corrected chi connectivity index (χ3v) is 5.48. The van der Waals surface area contributed by atoms with E-state index in [1.807, 2.05) is 0 Å². The zero-order valence-electron chi connectivity index (χ0n) is 11.2. The Morgan fingerprint density at radius 3 is 2.70 bits per heavy atom. The van der Waals surface area contributed by atoms with Crippen LogP contribution < -0.4 is 5.32 Å². The molecular formula is C12H17N3O4S. The molecule has 1 aromatic carbocycles. The SMILES string of the molecule is CCN(C1CCNC1)S(=O)(=O)c1ccccc1[N+](=O)[O-]. The van der Waals surface area contributed by atoms with Gasteiger partial charge >= 0.3 is 0 Å². The smallest absolute Gasteiger partial charge is 0.289 e. The van der Waals surface area contributed by atoms with Crippen LogP contribution in [0.5, 0.6) is 0 Å². The van der Waals surface area contributed by atoms with Gasteiger partial charge in [-0.1, -0.05) is 19.1 Å². The van der Waals surface area contributed by atoms with Crippen LogP contribution in [0.4, 0.5) is 5.69 Å². The second kappa shape index (κ2) is 5.86. The number of rotatable bonds is 5. The topological polar surface area (TPSA) is 92.6 Å². The monoisotopic (exact) mass is 299 g/mol. The number of hydrogen-bond donors (Lipinski definition) is 1.